The van der Waals surface area contributed by atoms with Gasteiger partial charge in [0.2, 0.25) is 0 Å². The summed E-state index contributed by atoms with van der Waals surface area (Å²) in [4.78, 5) is 22.7. The number of para-hydroxylation sites is 1. The van der Waals surface area contributed by atoms with Crippen LogP contribution in [0.5, 0.6) is 0 Å². The number of carbonyl (C=O) groups is 1. The lowest BCUT2D eigenvalue weighted by molar-refractivity contribution is -0.384. The number of nitrogens with zero attached hydrogens (tertiary/aromatic N) is 2. The number of benzene rings is 2. The van der Waals surface area contributed by atoms with Crippen LogP contribution < -0.4 is 9.44 Å². The molecule has 0 atom stereocenters. The molecule has 0 aliphatic carbocycles. The molecule has 0 fully saturated rings. The number of hydrogen-bond acceptors (Lipinski definition) is 5. The largest absolute Gasteiger partial charge is 0.324 e. The van der Waals surface area contributed by atoms with Gasteiger partial charge in [0.25, 0.3) is 11.6 Å². The van der Waals surface area contributed by atoms with Crippen LogP contribution in [0.1, 0.15) is 10.5 Å². The summed E-state index contributed by atoms with van der Waals surface area (Å²) >= 11 is 6.09. The van der Waals surface area contributed by atoms with Crippen LogP contribution in [-0.2, 0) is 10.2 Å². The summed E-state index contributed by atoms with van der Waals surface area (Å²) in [7, 11) is -4.17. The van der Waals surface area contributed by atoms with E-state index in [0.717, 1.165) is 6.07 Å². The van der Waals surface area contributed by atoms with E-state index in [4.69, 9.17) is 11.6 Å². The molecule has 2 aromatic carbocycles. The van der Waals surface area contributed by atoms with Gasteiger partial charge in [0.15, 0.2) is 0 Å². The Kier molecular flexibility index (Phi) is 5.34. The van der Waals surface area contributed by atoms with Crippen LogP contribution in [-0.4, -0.2) is 23.8 Å². The quantitative estimate of drug-likeness (QED) is 0.468. The number of aromatic nitrogens is 1. The fourth-order valence-electron chi connectivity index (χ4n) is 2.44. The van der Waals surface area contributed by atoms with E-state index in [0.29, 0.717) is 0 Å². The molecule has 0 unspecified atom stereocenters. The summed E-state index contributed by atoms with van der Waals surface area (Å²) < 4.78 is 29.9. The molecule has 0 saturated carbocycles. The summed E-state index contributed by atoms with van der Waals surface area (Å²) in [5.74, 6) is -0.900. The number of nitro benzene ring substituents is 1. The van der Waals surface area contributed by atoms with Crippen molar-refractivity contribution in [1.82, 2.24) is 9.29 Å². The van der Waals surface area contributed by atoms with Crippen LogP contribution in [0.3, 0.4) is 0 Å². The van der Waals surface area contributed by atoms with Gasteiger partial charge in [0, 0.05) is 18.3 Å². The highest BCUT2D eigenvalue weighted by Gasteiger charge is 2.20. The van der Waals surface area contributed by atoms with Crippen molar-refractivity contribution in [1.29, 1.82) is 0 Å². The highest BCUT2D eigenvalue weighted by molar-refractivity contribution is 7.91. The van der Waals surface area contributed by atoms with Gasteiger partial charge in [-0.15, -0.1) is 0 Å². The van der Waals surface area contributed by atoms with E-state index in [1.165, 1.54) is 47.2 Å². The molecular formula is C17H13ClN4O5S. The number of amides is 1. The van der Waals surface area contributed by atoms with E-state index in [1.807, 2.05) is 4.72 Å². The molecular weight excluding hydrogens is 408 g/mol. The minimum atomic E-state index is -4.17. The van der Waals surface area contributed by atoms with E-state index in [9.17, 15) is 23.3 Å². The topological polar surface area (TPSA) is 123 Å². The van der Waals surface area contributed by atoms with Crippen molar-refractivity contribution < 1.29 is 18.1 Å². The molecule has 28 heavy (non-hydrogen) atoms. The molecule has 1 aromatic heterocycles. The average Bonchev–Trinajstić information content (AvgIpc) is 3.11. The number of carbonyl (C=O) groups excluding carboxylic acids is 1. The van der Waals surface area contributed by atoms with Crippen LogP contribution >= 0.6 is 11.6 Å². The van der Waals surface area contributed by atoms with Gasteiger partial charge in [-0.25, -0.2) is 4.72 Å². The standard InChI is InChI=1S/C17H13ClN4O5S/c18-14-11-13(22(24)25)8-9-15(14)21-10-4-7-16(21)17(23)20-28(26,27)19-12-5-2-1-3-6-12/h1-11,19H,(H,20,23). The smallest absolute Gasteiger partial charge is 0.311 e. The van der Waals surface area contributed by atoms with E-state index in [1.54, 1.807) is 18.2 Å². The van der Waals surface area contributed by atoms with Crippen LogP contribution in [0, 0.1) is 10.1 Å². The van der Waals surface area contributed by atoms with E-state index in [-0.39, 0.29) is 27.8 Å². The van der Waals surface area contributed by atoms with Gasteiger partial charge in [0.05, 0.1) is 21.3 Å². The number of halogens is 1. The molecule has 0 bridgehead atoms. The van der Waals surface area contributed by atoms with Gasteiger partial charge < -0.3 is 4.57 Å². The Morgan fingerprint density at radius 3 is 2.43 bits per heavy atom. The van der Waals surface area contributed by atoms with E-state index < -0.39 is 21.0 Å². The zero-order chi connectivity index (χ0) is 20.3. The van der Waals surface area contributed by atoms with Gasteiger partial charge >= 0.3 is 10.2 Å². The monoisotopic (exact) mass is 420 g/mol. The molecule has 9 nitrogen and oxygen atoms in total. The Bertz CT molecular complexity index is 1150. The maximum atomic E-state index is 12.5. The van der Waals surface area contributed by atoms with Crippen molar-refractivity contribution in [3.63, 3.8) is 0 Å². The molecule has 1 amide bonds. The molecule has 11 heteroatoms. The minimum Gasteiger partial charge on any atom is -0.311 e. The SMILES string of the molecule is O=C(NS(=O)(=O)Nc1ccccc1)c1cccn1-c1ccc([N+](=O)[O-])cc1Cl. The average molecular weight is 421 g/mol. The summed E-state index contributed by atoms with van der Waals surface area (Å²) in [6, 6.07) is 14.7. The second-order valence-electron chi connectivity index (χ2n) is 5.56. The minimum absolute atomic E-state index is 0.0193. The van der Waals surface area contributed by atoms with Crippen LogP contribution in [0.25, 0.3) is 5.69 Å². The predicted molar refractivity (Wildman–Crippen MR) is 104 cm³/mol. The van der Waals surface area contributed by atoms with Crippen molar-refractivity contribution in [2.24, 2.45) is 0 Å². The zero-order valence-electron chi connectivity index (χ0n) is 14.1. The molecule has 0 aliphatic rings. The summed E-state index contributed by atoms with van der Waals surface area (Å²) in [6.07, 6.45) is 1.49. The van der Waals surface area contributed by atoms with Gasteiger partial charge in [0.1, 0.15) is 5.69 Å². The third-order valence-electron chi connectivity index (χ3n) is 3.64. The zero-order valence-corrected chi connectivity index (χ0v) is 15.6. The highest BCUT2D eigenvalue weighted by Crippen LogP contribution is 2.27. The molecule has 2 N–H and O–H groups in total. The number of anilines is 1. The van der Waals surface area contributed by atoms with Crippen molar-refractivity contribution in [2.75, 3.05) is 4.72 Å². The number of hydrogen-bond donors (Lipinski definition) is 2. The number of nitrogens with one attached hydrogen (secondary N) is 2. The van der Waals surface area contributed by atoms with Crippen molar-refractivity contribution in [2.45, 2.75) is 0 Å². The lowest BCUT2D eigenvalue weighted by Crippen LogP contribution is -2.36. The molecule has 144 valence electrons. The second kappa shape index (κ2) is 7.71. The Hall–Kier alpha value is -3.37. The Labute approximate surface area is 164 Å². The van der Waals surface area contributed by atoms with Crippen molar-refractivity contribution in [3.05, 3.63) is 87.7 Å². The van der Waals surface area contributed by atoms with Crippen molar-refractivity contribution >= 4 is 39.1 Å². The van der Waals surface area contributed by atoms with Gasteiger partial charge in [-0.05, 0) is 30.3 Å². The Morgan fingerprint density at radius 2 is 1.79 bits per heavy atom. The first-order valence-electron chi connectivity index (χ1n) is 7.78. The lowest BCUT2D eigenvalue weighted by atomic mass is 10.2. The molecule has 3 aromatic rings. The highest BCUT2D eigenvalue weighted by atomic mass is 35.5. The van der Waals surface area contributed by atoms with Crippen LogP contribution in [0.15, 0.2) is 66.9 Å². The molecule has 3 rings (SSSR count). The first kappa shape index (κ1) is 19.4. The fourth-order valence-corrected chi connectivity index (χ4v) is 3.55. The maximum absolute atomic E-state index is 12.5. The molecule has 0 saturated heterocycles. The van der Waals surface area contributed by atoms with Gasteiger partial charge in [-0.3, -0.25) is 19.6 Å². The van der Waals surface area contributed by atoms with Gasteiger partial charge in [-0.1, -0.05) is 29.8 Å². The first-order valence-corrected chi connectivity index (χ1v) is 9.64. The Morgan fingerprint density at radius 1 is 1.07 bits per heavy atom. The second-order valence-corrected chi connectivity index (χ2v) is 7.38. The summed E-state index contributed by atoms with van der Waals surface area (Å²) in [5.41, 5.74) is 0.350. The lowest BCUT2D eigenvalue weighted by Gasteiger charge is -2.12. The number of rotatable bonds is 6. The van der Waals surface area contributed by atoms with Crippen LogP contribution in [0.4, 0.5) is 11.4 Å². The summed E-state index contributed by atoms with van der Waals surface area (Å²) in [6.45, 7) is 0. The van der Waals surface area contributed by atoms with Gasteiger partial charge in [-0.2, -0.15) is 8.42 Å². The molecule has 0 radical (unpaired) electrons. The maximum Gasteiger partial charge on any atom is 0.324 e. The molecule has 1 heterocycles. The van der Waals surface area contributed by atoms with E-state index >= 15 is 0 Å². The van der Waals surface area contributed by atoms with Crippen LogP contribution in [0.2, 0.25) is 5.02 Å². The molecule has 0 aliphatic heterocycles. The third kappa shape index (κ3) is 4.30. The van der Waals surface area contributed by atoms with E-state index in [2.05, 4.69) is 4.72 Å². The Balaban J connectivity index is 1.85. The summed E-state index contributed by atoms with van der Waals surface area (Å²) in [5, 5.41) is 10.9. The molecule has 0 spiro atoms. The predicted octanol–water partition coefficient (Wildman–Crippen LogP) is 3.13. The first-order chi connectivity index (χ1) is 13.3. The third-order valence-corrected chi connectivity index (χ3v) is 4.90. The number of nitro groups is 1. The normalized spacial score (nSPS) is 11.0. The fraction of sp³-hybridized carbons (Fsp3) is 0. The number of non-ortho nitro benzene ring substituents is 1. The van der Waals surface area contributed by atoms with Crippen molar-refractivity contribution in [3.8, 4) is 5.69 Å².